The van der Waals surface area contributed by atoms with E-state index in [0.29, 0.717) is 6.42 Å². The molecule has 0 heterocycles. The Labute approximate surface area is 104 Å². The Balaban J connectivity index is 2.53. The second-order valence-electron chi connectivity index (χ2n) is 4.25. The van der Waals surface area contributed by atoms with Gasteiger partial charge < -0.3 is 10.6 Å². The first-order chi connectivity index (χ1) is 8.17. The molecule has 1 rings (SSSR count). The summed E-state index contributed by atoms with van der Waals surface area (Å²) < 4.78 is 0. The quantitative estimate of drug-likeness (QED) is 0.742. The second-order valence-corrected chi connectivity index (χ2v) is 4.25. The number of hydrogen-bond donors (Lipinski definition) is 2. The minimum absolute atomic E-state index is 0.0890. The molecule has 1 amide bonds. The van der Waals surface area contributed by atoms with Gasteiger partial charge in [-0.05, 0) is 56.6 Å². The molecule has 0 saturated heterocycles. The molecule has 3 nitrogen and oxygen atoms in total. The molecular weight excluding hydrogens is 212 g/mol. The predicted octanol–water partition coefficient (Wildman–Crippen LogP) is 2.50. The van der Waals surface area contributed by atoms with Gasteiger partial charge in [0, 0.05) is 12.1 Å². The van der Waals surface area contributed by atoms with E-state index in [9.17, 15) is 4.79 Å². The molecule has 0 spiro atoms. The van der Waals surface area contributed by atoms with E-state index in [1.54, 1.807) is 0 Å². The summed E-state index contributed by atoms with van der Waals surface area (Å²) >= 11 is 0. The average Bonchev–Trinajstić information content (AvgIpc) is 2.32. The molecule has 94 valence electrons. The van der Waals surface area contributed by atoms with Crippen molar-refractivity contribution in [2.24, 2.45) is 0 Å². The number of anilines is 1. The Hall–Kier alpha value is -1.35. The first-order valence-corrected chi connectivity index (χ1v) is 6.21. The summed E-state index contributed by atoms with van der Waals surface area (Å²) in [4.78, 5) is 11.6. The van der Waals surface area contributed by atoms with Gasteiger partial charge in [0.25, 0.3) is 0 Å². The van der Waals surface area contributed by atoms with Crippen LogP contribution in [0.5, 0.6) is 0 Å². The van der Waals surface area contributed by atoms with Crippen molar-refractivity contribution in [3.63, 3.8) is 0 Å². The van der Waals surface area contributed by atoms with E-state index in [-0.39, 0.29) is 5.91 Å². The lowest BCUT2D eigenvalue weighted by Crippen LogP contribution is -2.15. The highest BCUT2D eigenvalue weighted by atomic mass is 16.1. The zero-order chi connectivity index (χ0) is 12.7. The van der Waals surface area contributed by atoms with E-state index < -0.39 is 0 Å². The van der Waals surface area contributed by atoms with Crippen LogP contribution >= 0.6 is 0 Å². The molecular formula is C14H22N2O. The highest BCUT2D eigenvalue weighted by Gasteiger charge is 2.03. The maximum atomic E-state index is 11.6. The maximum Gasteiger partial charge on any atom is 0.224 e. The van der Waals surface area contributed by atoms with Crippen molar-refractivity contribution in [3.05, 3.63) is 29.3 Å². The lowest BCUT2D eigenvalue weighted by Gasteiger charge is -2.09. The number of aryl methyl sites for hydroxylation is 2. The van der Waals surface area contributed by atoms with Crippen LogP contribution in [0.25, 0.3) is 0 Å². The van der Waals surface area contributed by atoms with Gasteiger partial charge in [0.1, 0.15) is 0 Å². The molecule has 0 fully saturated rings. The summed E-state index contributed by atoms with van der Waals surface area (Å²) in [6, 6.07) is 6.08. The van der Waals surface area contributed by atoms with E-state index in [0.717, 1.165) is 25.1 Å². The standard InChI is InChI=1S/C14H22N2O/c1-4-12-10-13(8-7-11(12)2)16-14(17)6-5-9-15-3/h7-8,10,15H,4-6,9H2,1-3H3,(H,16,17). The number of benzene rings is 1. The molecule has 1 aromatic carbocycles. The van der Waals surface area contributed by atoms with Crippen LogP contribution in [0, 0.1) is 6.92 Å². The van der Waals surface area contributed by atoms with E-state index in [1.165, 1.54) is 11.1 Å². The van der Waals surface area contributed by atoms with Gasteiger partial charge in [-0.25, -0.2) is 0 Å². The van der Waals surface area contributed by atoms with Crippen molar-refractivity contribution >= 4 is 11.6 Å². The van der Waals surface area contributed by atoms with Crippen LogP contribution in [0.2, 0.25) is 0 Å². The van der Waals surface area contributed by atoms with Crippen LogP contribution < -0.4 is 10.6 Å². The summed E-state index contributed by atoms with van der Waals surface area (Å²) in [5.74, 6) is 0.0890. The molecule has 0 atom stereocenters. The fraction of sp³-hybridized carbons (Fsp3) is 0.500. The lowest BCUT2D eigenvalue weighted by atomic mass is 10.1. The Morgan fingerprint density at radius 2 is 2.12 bits per heavy atom. The second kappa shape index (κ2) is 7.07. The van der Waals surface area contributed by atoms with E-state index in [1.807, 2.05) is 13.1 Å². The van der Waals surface area contributed by atoms with Crippen molar-refractivity contribution in [2.75, 3.05) is 18.9 Å². The zero-order valence-electron chi connectivity index (χ0n) is 11.0. The van der Waals surface area contributed by atoms with Crippen molar-refractivity contribution in [1.29, 1.82) is 0 Å². The van der Waals surface area contributed by atoms with Gasteiger partial charge in [0.2, 0.25) is 5.91 Å². The van der Waals surface area contributed by atoms with Gasteiger partial charge in [0.05, 0.1) is 0 Å². The van der Waals surface area contributed by atoms with E-state index in [4.69, 9.17) is 0 Å². The molecule has 0 bridgehead atoms. The molecule has 0 saturated carbocycles. The van der Waals surface area contributed by atoms with E-state index >= 15 is 0 Å². The first-order valence-electron chi connectivity index (χ1n) is 6.21. The summed E-state index contributed by atoms with van der Waals surface area (Å²) in [6.07, 6.45) is 2.43. The monoisotopic (exact) mass is 234 g/mol. The lowest BCUT2D eigenvalue weighted by molar-refractivity contribution is -0.116. The van der Waals surface area contributed by atoms with Crippen LogP contribution in [0.1, 0.15) is 30.9 Å². The Bertz CT molecular complexity index is 374. The van der Waals surface area contributed by atoms with Crippen LogP contribution in [0.15, 0.2) is 18.2 Å². The number of hydrogen-bond acceptors (Lipinski definition) is 2. The van der Waals surface area contributed by atoms with Crippen molar-refractivity contribution in [3.8, 4) is 0 Å². The highest BCUT2D eigenvalue weighted by Crippen LogP contribution is 2.16. The maximum absolute atomic E-state index is 11.6. The summed E-state index contributed by atoms with van der Waals surface area (Å²) in [6.45, 7) is 5.10. The van der Waals surface area contributed by atoms with Gasteiger partial charge >= 0.3 is 0 Å². The number of nitrogens with one attached hydrogen (secondary N) is 2. The normalized spacial score (nSPS) is 10.3. The fourth-order valence-electron chi connectivity index (χ4n) is 1.78. The van der Waals surface area contributed by atoms with Crippen molar-refractivity contribution in [2.45, 2.75) is 33.1 Å². The number of carbonyl (C=O) groups excluding carboxylic acids is 1. The summed E-state index contributed by atoms with van der Waals surface area (Å²) in [7, 11) is 1.89. The SMILES string of the molecule is CCc1cc(NC(=O)CCCNC)ccc1C. The molecule has 0 aliphatic rings. The third-order valence-corrected chi connectivity index (χ3v) is 2.84. The Kier molecular flexibility index (Phi) is 5.70. The molecule has 0 unspecified atom stereocenters. The smallest absolute Gasteiger partial charge is 0.224 e. The third-order valence-electron chi connectivity index (χ3n) is 2.84. The van der Waals surface area contributed by atoms with Gasteiger partial charge in [-0.2, -0.15) is 0 Å². The molecule has 0 aliphatic carbocycles. The molecule has 3 heteroatoms. The molecule has 1 aromatic rings. The molecule has 2 N–H and O–H groups in total. The zero-order valence-corrected chi connectivity index (χ0v) is 11.0. The number of carbonyl (C=O) groups is 1. The van der Waals surface area contributed by atoms with Crippen molar-refractivity contribution < 1.29 is 4.79 Å². The Morgan fingerprint density at radius 1 is 1.35 bits per heavy atom. The van der Waals surface area contributed by atoms with Gasteiger partial charge in [-0.1, -0.05) is 13.0 Å². The highest BCUT2D eigenvalue weighted by molar-refractivity contribution is 5.90. The molecule has 0 radical (unpaired) electrons. The van der Waals surface area contributed by atoms with Crippen LogP contribution in [0.4, 0.5) is 5.69 Å². The topological polar surface area (TPSA) is 41.1 Å². The molecule has 0 aromatic heterocycles. The average molecular weight is 234 g/mol. The van der Waals surface area contributed by atoms with Gasteiger partial charge in [-0.3, -0.25) is 4.79 Å². The summed E-state index contributed by atoms with van der Waals surface area (Å²) in [5, 5.41) is 5.97. The molecule has 0 aliphatic heterocycles. The summed E-state index contributed by atoms with van der Waals surface area (Å²) in [5.41, 5.74) is 3.47. The Morgan fingerprint density at radius 3 is 2.76 bits per heavy atom. The van der Waals surface area contributed by atoms with Crippen LogP contribution in [0.3, 0.4) is 0 Å². The first kappa shape index (κ1) is 13.7. The number of amides is 1. The number of rotatable bonds is 6. The van der Waals surface area contributed by atoms with Crippen LogP contribution in [-0.2, 0) is 11.2 Å². The molecule has 17 heavy (non-hydrogen) atoms. The minimum Gasteiger partial charge on any atom is -0.326 e. The third kappa shape index (κ3) is 4.57. The van der Waals surface area contributed by atoms with Crippen molar-refractivity contribution in [1.82, 2.24) is 5.32 Å². The minimum atomic E-state index is 0.0890. The van der Waals surface area contributed by atoms with Crippen LogP contribution in [-0.4, -0.2) is 19.5 Å². The largest absolute Gasteiger partial charge is 0.326 e. The van der Waals surface area contributed by atoms with Gasteiger partial charge in [-0.15, -0.1) is 0 Å². The van der Waals surface area contributed by atoms with E-state index in [2.05, 4.69) is 36.6 Å². The predicted molar refractivity (Wildman–Crippen MR) is 72.3 cm³/mol. The van der Waals surface area contributed by atoms with Gasteiger partial charge in [0.15, 0.2) is 0 Å². The fourth-order valence-corrected chi connectivity index (χ4v) is 1.78.